The quantitative estimate of drug-likeness (QED) is 0.739. The number of aliphatic hydroxyl groups is 1. The SMILES string of the molecule is O=C(O[C@H](CO)C(F)(F)F)N1CCC2(CC1)CC(c1ccnc(C(F)(F)F)c1)C2. The van der Waals surface area contributed by atoms with Crippen LogP contribution >= 0.6 is 0 Å². The number of pyridine rings is 1. The highest BCUT2D eigenvalue weighted by atomic mass is 19.4. The number of halogens is 6. The lowest BCUT2D eigenvalue weighted by atomic mass is 9.56. The van der Waals surface area contributed by atoms with Crippen molar-refractivity contribution in [2.24, 2.45) is 5.41 Å². The highest BCUT2D eigenvalue weighted by Gasteiger charge is 2.48. The number of nitrogens with zero attached hydrogens (tertiary/aromatic N) is 2. The molecule has 2 fully saturated rings. The lowest BCUT2D eigenvalue weighted by molar-refractivity contribution is -0.215. The summed E-state index contributed by atoms with van der Waals surface area (Å²) in [7, 11) is 0. The van der Waals surface area contributed by atoms with Crippen LogP contribution < -0.4 is 0 Å². The van der Waals surface area contributed by atoms with Gasteiger partial charge < -0.3 is 14.7 Å². The molecule has 1 aliphatic heterocycles. The standard InChI is InChI=1S/C18H20F6N2O3/c19-17(20,21)13-7-11(1-4-25-13)12-8-16(9-12)2-5-26(6-3-16)15(28)29-14(10-27)18(22,23)24/h1,4,7,12,14,27H,2-3,5-6,8-10H2/t14-/m1/s1. The van der Waals surface area contributed by atoms with Crippen molar-refractivity contribution in [3.8, 4) is 0 Å². The van der Waals surface area contributed by atoms with Crippen LogP contribution in [0, 0.1) is 5.41 Å². The largest absolute Gasteiger partial charge is 0.434 e. The number of piperidine rings is 1. The van der Waals surface area contributed by atoms with Gasteiger partial charge in [-0.2, -0.15) is 26.3 Å². The summed E-state index contributed by atoms with van der Waals surface area (Å²) in [5.74, 6) is -0.0402. The smallest absolute Gasteiger partial charge is 0.433 e. The van der Waals surface area contributed by atoms with Crippen LogP contribution in [0.5, 0.6) is 0 Å². The molecule has 1 atom stereocenters. The van der Waals surface area contributed by atoms with Gasteiger partial charge in [-0.05, 0) is 54.7 Å². The molecular weight excluding hydrogens is 406 g/mol. The van der Waals surface area contributed by atoms with E-state index in [2.05, 4.69) is 9.72 Å². The summed E-state index contributed by atoms with van der Waals surface area (Å²) < 4.78 is 80.6. The average Bonchev–Trinajstić information content (AvgIpc) is 2.62. The second-order valence-electron chi connectivity index (χ2n) is 7.66. The van der Waals surface area contributed by atoms with Crippen LogP contribution in [0.15, 0.2) is 18.3 Å². The van der Waals surface area contributed by atoms with Crippen molar-refractivity contribution in [3.05, 3.63) is 29.6 Å². The van der Waals surface area contributed by atoms with E-state index in [1.165, 1.54) is 4.90 Å². The van der Waals surface area contributed by atoms with Crippen LogP contribution in [0.1, 0.15) is 42.9 Å². The molecule has 162 valence electrons. The monoisotopic (exact) mass is 426 g/mol. The van der Waals surface area contributed by atoms with Gasteiger partial charge in [-0.3, -0.25) is 4.98 Å². The molecule has 11 heteroatoms. The van der Waals surface area contributed by atoms with Crippen molar-refractivity contribution >= 4 is 6.09 Å². The van der Waals surface area contributed by atoms with Gasteiger partial charge in [-0.25, -0.2) is 4.79 Å². The van der Waals surface area contributed by atoms with Crippen LogP contribution in [0.4, 0.5) is 31.1 Å². The van der Waals surface area contributed by atoms with Crippen molar-refractivity contribution in [3.63, 3.8) is 0 Å². The molecule has 1 aromatic heterocycles. The highest BCUT2D eigenvalue weighted by Crippen LogP contribution is 2.56. The molecule has 2 heterocycles. The number of aliphatic hydroxyl groups excluding tert-OH is 1. The average molecular weight is 426 g/mol. The number of amides is 1. The molecule has 0 aromatic carbocycles. The van der Waals surface area contributed by atoms with E-state index in [1.54, 1.807) is 6.07 Å². The number of likely N-dealkylation sites (tertiary alicyclic amines) is 1. The van der Waals surface area contributed by atoms with Gasteiger partial charge in [0.15, 0.2) is 0 Å². The Labute approximate surface area is 162 Å². The van der Waals surface area contributed by atoms with Gasteiger partial charge in [0, 0.05) is 19.3 Å². The zero-order valence-corrected chi connectivity index (χ0v) is 15.3. The second-order valence-corrected chi connectivity index (χ2v) is 7.66. The number of rotatable bonds is 3. The first-order valence-electron chi connectivity index (χ1n) is 9.10. The van der Waals surface area contributed by atoms with Crippen LogP contribution in [-0.2, 0) is 10.9 Å². The Morgan fingerprint density at radius 2 is 1.86 bits per heavy atom. The van der Waals surface area contributed by atoms with Gasteiger partial charge in [0.1, 0.15) is 5.69 Å². The second kappa shape index (κ2) is 7.66. The number of hydrogen-bond donors (Lipinski definition) is 1. The van der Waals surface area contributed by atoms with Gasteiger partial charge >= 0.3 is 18.4 Å². The lowest BCUT2D eigenvalue weighted by Crippen LogP contribution is -2.50. The minimum Gasteiger partial charge on any atom is -0.434 e. The maximum Gasteiger partial charge on any atom is 0.433 e. The van der Waals surface area contributed by atoms with Gasteiger partial charge in [0.2, 0.25) is 6.10 Å². The fraction of sp³-hybridized carbons (Fsp3) is 0.667. The molecule has 1 N–H and O–H groups in total. The summed E-state index contributed by atoms with van der Waals surface area (Å²) >= 11 is 0. The summed E-state index contributed by atoms with van der Waals surface area (Å²) in [5, 5.41) is 8.76. The Morgan fingerprint density at radius 1 is 1.24 bits per heavy atom. The summed E-state index contributed by atoms with van der Waals surface area (Å²) in [4.78, 5) is 16.4. The Balaban J connectivity index is 1.53. The van der Waals surface area contributed by atoms with E-state index in [0.29, 0.717) is 31.2 Å². The molecule has 1 saturated carbocycles. The number of ether oxygens (including phenoxy) is 1. The van der Waals surface area contributed by atoms with E-state index in [0.717, 1.165) is 12.3 Å². The molecule has 1 aliphatic carbocycles. The molecule has 1 aromatic rings. The predicted octanol–water partition coefficient (Wildman–Crippen LogP) is 4.12. The third-order valence-electron chi connectivity index (χ3n) is 5.76. The summed E-state index contributed by atoms with van der Waals surface area (Å²) in [6.45, 7) is -0.946. The molecule has 0 unspecified atom stereocenters. The van der Waals surface area contributed by atoms with Gasteiger partial charge in [-0.1, -0.05) is 0 Å². The maximum atomic E-state index is 12.8. The third kappa shape index (κ3) is 4.76. The first-order chi connectivity index (χ1) is 13.4. The number of hydrogen-bond acceptors (Lipinski definition) is 4. The first kappa shape index (κ1) is 21.7. The van der Waals surface area contributed by atoms with E-state index in [1.807, 2.05) is 0 Å². The number of carbonyl (C=O) groups excluding carboxylic acids is 1. The predicted molar refractivity (Wildman–Crippen MR) is 87.9 cm³/mol. The normalized spacial score (nSPS) is 21.0. The molecule has 29 heavy (non-hydrogen) atoms. The maximum absolute atomic E-state index is 12.8. The number of carbonyl (C=O) groups is 1. The van der Waals surface area contributed by atoms with Crippen molar-refractivity contribution < 1.29 is 41.0 Å². The van der Waals surface area contributed by atoms with Gasteiger partial charge in [0.05, 0.1) is 6.61 Å². The van der Waals surface area contributed by atoms with Crippen molar-refractivity contribution in [2.75, 3.05) is 19.7 Å². The molecule has 2 aliphatic rings. The van der Waals surface area contributed by atoms with Gasteiger partial charge in [0.25, 0.3) is 0 Å². The Hall–Kier alpha value is -2.04. The Kier molecular flexibility index (Phi) is 5.72. The molecule has 0 radical (unpaired) electrons. The van der Waals surface area contributed by atoms with E-state index in [4.69, 9.17) is 5.11 Å². The van der Waals surface area contributed by atoms with Crippen molar-refractivity contribution in [1.29, 1.82) is 0 Å². The van der Waals surface area contributed by atoms with Crippen molar-refractivity contribution in [2.45, 2.75) is 50.1 Å². The van der Waals surface area contributed by atoms with E-state index in [-0.39, 0.29) is 24.4 Å². The third-order valence-corrected chi connectivity index (χ3v) is 5.76. The summed E-state index contributed by atoms with van der Waals surface area (Å²) in [5.41, 5.74) is -0.504. The van der Waals surface area contributed by atoms with Crippen LogP contribution in [0.3, 0.4) is 0 Å². The first-order valence-corrected chi connectivity index (χ1v) is 9.10. The number of alkyl halides is 6. The van der Waals surface area contributed by atoms with Crippen LogP contribution in [-0.4, -0.2) is 53.1 Å². The highest BCUT2D eigenvalue weighted by molar-refractivity contribution is 5.68. The van der Waals surface area contributed by atoms with E-state index < -0.39 is 36.9 Å². The fourth-order valence-electron chi connectivity index (χ4n) is 4.05. The number of aromatic nitrogens is 1. The zero-order chi connectivity index (χ0) is 21.4. The topological polar surface area (TPSA) is 62.7 Å². The lowest BCUT2D eigenvalue weighted by Gasteiger charge is -2.52. The zero-order valence-electron chi connectivity index (χ0n) is 15.3. The minimum absolute atomic E-state index is 0.0402. The fourth-order valence-corrected chi connectivity index (χ4v) is 4.05. The van der Waals surface area contributed by atoms with Crippen LogP contribution in [0.25, 0.3) is 0 Å². The van der Waals surface area contributed by atoms with Crippen LogP contribution in [0.2, 0.25) is 0 Å². The molecule has 1 amide bonds. The Bertz CT molecular complexity index is 736. The minimum atomic E-state index is -4.84. The molecule has 0 bridgehead atoms. The summed E-state index contributed by atoms with van der Waals surface area (Å²) in [6, 6.07) is 2.61. The van der Waals surface area contributed by atoms with Gasteiger partial charge in [-0.15, -0.1) is 0 Å². The van der Waals surface area contributed by atoms with E-state index >= 15 is 0 Å². The molecule has 1 spiro atoms. The van der Waals surface area contributed by atoms with E-state index in [9.17, 15) is 31.1 Å². The summed E-state index contributed by atoms with van der Waals surface area (Å²) in [6.07, 6.45) is -9.53. The molecule has 3 rings (SSSR count). The molecular formula is C18H20F6N2O3. The Morgan fingerprint density at radius 3 is 2.38 bits per heavy atom. The molecule has 5 nitrogen and oxygen atoms in total. The molecule has 1 saturated heterocycles. The van der Waals surface area contributed by atoms with Crippen molar-refractivity contribution in [1.82, 2.24) is 9.88 Å².